The van der Waals surface area contributed by atoms with E-state index in [4.69, 9.17) is 9.47 Å². The lowest BCUT2D eigenvalue weighted by Gasteiger charge is -2.27. The number of anilines is 1. The molecule has 0 saturated carbocycles. The number of hydrogen-bond donors (Lipinski definition) is 0. The molecule has 0 unspecified atom stereocenters. The highest BCUT2D eigenvalue weighted by molar-refractivity contribution is 7.98. The van der Waals surface area contributed by atoms with Crippen LogP contribution in [0.3, 0.4) is 0 Å². The molecule has 0 bridgehead atoms. The maximum Gasteiger partial charge on any atom is 0.228 e. The van der Waals surface area contributed by atoms with Crippen LogP contribution in [0.5, 0.6) is 5.75 Å². The molecule has 136 valence electrons. The highest BCUT2D eigenvalue weighted by Crippen LogP contribution is 2.30. The van der Waals surface area contributed by atoms with E-state index in [1.54, 1.807) is 18.9 Å². The van der Waals surface area contributed by atoms with Crippen molar-refractivity contribution >= 4 is 17.7 Å². The summed E-state index contributed by atoms with van der Waals surface area (Å²) in [7, 11) is 1.70. The van der Waals surface area contributed by atoms with Crippen LogP contribution in [0.2, 0.25) is 0 Å². The Labute approximate surface area is 152 Å². The smallest absolute Gasteiger partial charge is 0.228 e. The lowest BCUT2D eigenvalue weighted by Crippen LogP contribution is -2.38. The molecule has 1 fully saturated rings. The molecular weight excluding hydrogens is 338 g/mol. The van der Waals surface area contributed by atoms with Crippen molar-refractivity contribution < 1.29 is 9.47 Å². The van der Waals surface area contributed by atoms with Gasteiger partial charge in [0.25, 0.3) is 0 Å². The Bertz CT molecular complexity index is 728. The van der Waals surface area contributed by atoms with Gasteiger partial charge in [-0.15, -0.1) is 10.2 Å². The summed E-state index contributed by atoms with van der Waals surface area (Å²) in [6.45, 7) is 10.2. The number of nitrogens with zero attached hydrogens (tertiary/aromatic N) is 5. The van der Waals surface area contributed by atoms with Crippen molar-refractivity contribution in [2.45, 2.75) is 38.2 Å². The van der Waals surface area contributed by atoms with E-state index in [2.05, 4.69) is 38.5 Å². The van der Waals surface area contributed by atoms with E-state index in [9.17, 15) is 0 Å². The number of methoxy groups -OCH3 is 1. The quantitative estimate of drug-likeness (QED) is 0.730. The Balaban J connectivity index is 1.76. The predicted molar refractivity (Wildman–Crippen MR) is 98.6 cm³/mol. The van der Waals surface area contributed by atoms with Gasteiger partial charge in [-0.05, 0) is 20.8 Å². The largest absolute Gasteiger partial charge is 0.496 e. The lowest BCUT2D eigenvalue weighted by molar-refractivity contribution is 0.121. The molecule has 2 aromatic heterocycles. The SMILES string of the molecule is CCn1c(SCc2ncc(C)c(OC)c2C)nnc1N1CCOCC1. The minimum absolute atomic E-state index is 0.740. The van der Waals surface area contributed by atoms with Gasteiger partial charge in [-0.25, -0.2) is 0 Å². The van der Waals surface area contributed by atoms with Crippen LogP contribution in [0.15, 0.2) is 11.4 Å². The van der Waals surface area contributed by atoms with Crippen molar-refractivity contribution in [3.05, 3.63) is 23.0 Å². The summed E-state index contributed by atoms with van der Waals surface area (Å²) in [5.41, 5.74) is 3.16. The highest BCUT2D eigenvalue weighted by atomic mass is 32.2. The first-order chi connectivity index (χ1) is 12.2. The third-order valence-electron chi connectivity index (χ3n) is 4.40. The van der Waals surface area contributed by atoms with Gasteiger partial charge in [0.05, 0.1) is 26.0 Å². The Morgan fingerprint density at radius 1 is 1.24 bits per heavy atom. The standard InChI is InChI=1S/C17H25N5O2S/c1-5-22-16(21-6-8-24-9-7-21)19-20-17(22)25-11-14-13(3)15(23-4)12(2)10-18-14/h10H,5-9,11H2,1-4H3. The van der Waals surface area contributed by atoms with Crippen molar-refractivity contribution in [2.75, 3.05) is 38.3 Å². The molecule has 3 rings (SSSR count). The van der Waals surface area contributed by atoms with Crippen LogP contribution in [0.25, 0.3) is 0 Å². The molecule has 0 atom stereocenters. The molecule has 1 aliphatic heterocycles. The van der Waals surface area contributed by atoms with E-state index in [1.807, 2.05) is 13.1 Å². The fraction of sp³-hybridized carbons (Fsp3) is 0.588. The van der Waals surface area contributed by atoms with Crippen molar-refractivity contribution in [1.29, 1.82) is 0 Å². The van der Waals surface area contributed by atoms with Crippen LogP contribution >= 0.6 is 11.8 Å². The average molecular weight is 363 g/mol. The van der Waals surface area contributed by atoms with Crippen LogP contribution in [0.4, 0.5) is 5.95 Å². The van der Waals surface area contributed by atoms with Crippen molar-refractivity contribution in [1.82, 2.24) is 19.7 Å². The first-order valence-electron chi connectivity index (χ1n) is 8.53. The summed E-state index contributed by atoms with van der Waals surface area (Å²) in [6, 6.07) is 0. The Kier molecular flexibility index (Phi) is 5.80. The van der Waals surface area contributed by atoms with Gasteiger partial charge in [0, 0.05) is 42.7 Å². The Morgan fingerprint density at radius 2 is 2.00 bits per heavy atom. The van der Waals surface area contributed by atoms with Gasteiger partial charge in [-0.1, -0.05) is 11.8 Å². The second kappa shape index (κ2) is 8.05. The third kappa shape index (κ3) is 3.74. The molecule has 1 aliphatic rings. The summed E-state index contributed by atoms with van der Waals surface area (Å²) in [5.74, 6) is 2.58. The number of rotatable bonds is 6. The van der Waals surface area contributed by atoms with Crippen LogP contribution in [0, 0.1) is 13.8 Å². The van der Waals surface area contributed by atoms with Gasteiger partial charge in [-0.2, -0.15) is 0 Å². The zero-order valence-corrected chi connectivity index (χ0v) is 16.1. The van der Waals surface area contributed by atoms with Crippen LogP contribution in [-0.4, -0.2) is 53.2 Å². The van der Waals surface area contributed by atoms with Gasteiger partial charge >= 0.3 is 0 Å². The molecule has 0 radical (unpaired) electrons. The predicted octanol–water partition coefficient (Wildman–Crippen LogP) is 2.45. The molecule has 2 aromatic rings. The lowest BCUT2D eigenvalue weighted by atomic mass is 10.1. The molecule has 0 amide bonds. The molecule has 1 saturated heterocycles. The van der Waals surface area contributed by atoms with Gasteiger partial charge < -0.3 is 14.4 Å². The summed E-state index contributed by atoms with van der Waals surface area (Å²) in [5, 5.41) is 9.73. The Hall–Kier alpha value is -1.80. The van der Waals surface area contributed by atoms with Crippen LogP contribution in [0.1, 0.15) is 23.7 Å². The molecule has 7 nitrogen and oxygen atoms in total. The summed E-state index contributed by atoms with van der Waals surface area (Å²) in [4.78, 5) is 6.81. The number of pyridine rings is 1. The molecule has 0 spiro atoms. The van der Waals surface area contributed by atoms with Gasteiger partial charge in [0.2, 0.25) is 5.95 Å². The van der Waals surface area contributed by atoms with Crippen LogP contribution < -0.4 is 9.64 Å². The molecule has 3 heterocycles. The van der Waals surface area contributed by atoms with E-state index in [-0.39, 0.29) is 0 Å². The second-order valence-electron chi connectivity index (χ2n) is 5.96. The van der Waals surface area contributed by atoms with Gasteiger partial charge in [-0.3, -0.25) is 9.55 Å². The Morgan fingerprint density at radius 3 is 2.68 bits per heavy atom. The molecule has 8 heteroatoms. The number of ether oxygens (including phenoxy) is 2. The minimum atomic E-state index is 0.740. The number of hydrogen-bond acceptors (Lipinski definition) is 7. The van der Waals surface area contributed by atoms with Gasteiger partial charge in [0.1, 0.15) is 5.75 Å². The zero-order chi connectivity index (χ0) is 17.8. The van der Waals surface area contributed by atoms with Crippen molar-refractivity contribution in [3.8, 4) is 5.75 Å². The van der Waals surface area contributed by atoms with Gasteiger partial charge in [0.15, 0.2) is 5.16 Å². The van der Waals surface area contributed by atoms with E-state index >= 15 is 0 Å². The topological polar surface area (TPSA) is 65.3 Å². The number of morpholine rings is 1. The highest BCUT2D eigenvalue weighted by Gasteiger charge is 2.20. The second-order valence-corrected chi connectivity index (χ2v) is 6.90. The normalized spacial score (nSPS) is 14.8. The van der Waals surface area contributed by atoms with E-state index in [1.165, 1.54) is 0 Å². The minimum Gasteiger partial charge on any atom is -0.496 e. The third-order valence-corrected chi connectivity index (χ3v) is 5.37. The molecular formula is C17H25N5O2S. The van der Waals surface area contributed by atoms with E-state index in [0.29, 0.717) is 0 Å². The van der Waals surface area contributed by atoms with E-state index in [0.717, 1.165) is 72.3 Å². The summed E-state index contributed by atoms with van der Waals surface area (Å²) >= 11 is 1.66. The van der Waals surface area contributed by atoms with E-state index < -0.39 is 0 Å². The molecule has 0 N–H and O–H groups in total. The molecule has 0 aromatic carbocycles. The van der Waals surface area contributed by atoms with Crippen molar-refractivity contribution in [3.63, 3.8) is 0 Å². The monoisotopic (exact) mass is 363 g/mol. The van der Waals surface area contributed by atoms with Crippen molar-refractivity contribution in [2.24, 2.45) is 0 Å². The number of aryl methyl sites for hydroxylation is 1. The maximum atomic E-state index is 5.50. The van der Waals surface area contributed by atoms with Crippen LogP contribution in [-0.2, 0) is 17.0 Å². The average Bonchev–Trinajstić information content (AvgIpc) is 3.05. The molecule has 0 aliphatic carbocycles. The number of aromatic nitrogens is 4. The fourth-order valence-corrected chi connectivity index (χ4v) is 4.03. The number of thioether (sulfide) groups is 1. The first kappa shape index (κ1) is 18.0. The summed E-state index contributed by atoms with van der Waals surface area (Å²) in [6.07, 6.45) is 1.87. The summed E-state index contributed by atoms with van der Waals surface area (Å²) < 4.78 is 13.1. The zero-order valence-electron chi connectivity index (χ0n) is 15.3. The maximum absolute atomic E-state index is 5.50. The molecule has 25 heavy (non-hydrogen) atoms. The first-order valence-corrected chi connectivity index (χ1v) is 9.52. The fourth-order valence-electron chi connectivity index (χ4n) is 3.01.